The lowest BCUT2D eigenvalue weighted by molar-refractivity contribution is -0.140. The van der Waals surface area contributed by atoms with Crippen molar-refractivity contribution >= 4 is 27.5 Å². The highest BCUT2D eigenvalue weighted by atomic mass is 32.2. The number of amides is 2. The molecule has 0 aliphatic heterocycles. The van der Waals surface area contributed by atoms with E-state index in [0.717, 1.165) is 41.1 Å². The second-order valence-electron chi connectivity index (χ2n) is 11.2. The Labute approximate surface area is 265 Å². The first-order chi connectivity index (χ1) is 21.9. The van der Waals surface area contributed by atoms with Crippen molar-refractivity contribution in [1.29, 1.82) is 0 Å². The van der Waals surface area contributed by atoms with Crippen molar-refractivity contribution in [3.63, 3.8) is 0 Å². The number of sulfonamides is 1. The van der Waals surface area contributed by atoms with Gasteiger partial charge in [-0.1, -0.05) is 104 Å². The summed E-state index contributed by atoms with van der Waals surface area (Å²) in [5.74, 6) is -0.448. The Bertz CT molecular complexity index is 1660. The first-order valence-corrected chi connectivity index (χ1v) is 16.7. The lowest BCUT2D eigenvalue weighted by atomic mass is 10.0. The summed E-state index contributed by atoms with van der Waals surface area (Å²) in [4.78, 5) is 30.2. The van der Waals surface area contributed by atoms with Gasteiger partial charge in [0.2, 0.25) is 11.8 Å². The number of carbonyl (C=O) groups is 2. The molecule has 1 saturated carbocycles. The summed E-state index contributed by atoms with van der Waals surface area (Å²) in [6.07, 6.45) is 4.16. The molecule has 0 unspecified atom stereocenters. The summed E-state index contributed by atoms with van der Waals surface area (Å²) >= 11 is 0. The van der Waals surface area contributed by atoms with Crippen LogP contribution in [0, 0.1) is 0 Å². The third kappa shape index (κ3) is 7.91. The van der Waals surface area contributed by atoms with Crippen molar-refractivity contribution in [2.24, 2.45) is 0 Å². The quantitative estimate of drug-likeness (QED) is 0.209. The van der Waals surface area contributed by atoms with Crippen LogP contribution in [0.5, 0.6) is 5.75 Å². The number of nitrogens with zero attached hydrogens (tertiary/aromatic N) is 2. The van der Waals surface area contributed by atoms with Gasteiger partial charge < -0.3 is 15.0 Å². The van der Waals surface area contributed by atoms with Crippen molar-refractivity contribution in [2.45, 2.75) is 55.6 Å². The van der Waals surface area contributed by atoms with E-state index in [9.17, 15) is 18.0 Å². The first kappa shape index (κ1) is 31.8. The molecule has 0 spiro atoms. The molecule has 8 nitrogen and oxygen atoms in total. The van der Waals surface area contributed by atoms with Crippen LogP contribution in [-0.2, 0) is 32.6 Å². The Hall–Kier alpha value is -4.63. The van der Waals surface area contributed by atoms with Crippen molar-refractivity contribution in [2.75, 3.05) is 18.0 Å². The summed E-state index contributed by atoms with van der Waals surface area (Å²) in [5, 5.41) is 3.20. The molecule has 1 atom stereocenters. The van der Waals surface area contributed by atoms with Crippen LogP contribution in [0.3, 0.4) is 0 Å². The van der Waals surface area contributed by atoms with Gasteiger partial charge in [-0.15, -0.1) is 0 Å². The molecule has 0 bridgehead atoms. The number of carbonyl (C=O) groups excluding carboxylic acids is 2. The Balaban J connectivity index is 1.57. The number of anilines is 1. The van der Waals surface area contributed by atoms with Crippen LogP contribution in [-0.4, -0.2) is 50.9 Å². The summed E-state index contributed by atoms with van der Waals surface area (Å²) in [5.41, 5.74) is 1.95. The minimum absolute atomic E-state index is 0.0399. The Morgan fingerprint density at radius 2 is 1.36 bits per heavy atom. The molecule has 9 heteroatoms. The number of hydrogen-bond donors (Lipinski definition) is 1. The van der Waals surface area contributed by atoms with Gasteiger partial charge >= 0.3 is 0 Å². The van der Waals surface area contributed by atoms with Crippen LogP contribution in [0.1, 0.15) is 36.8 Å². The number of ether oxygens (including phenoxy) is 1. The molecule has 1 fully saturated rings. The van der Waals surface area contributed by atoms with E-state index in [4.69, 9.17) is 4.74 Å². The number of rotatable bonds is 13. The fourth-order valence-electron chi connectivity index (χ4n) is 5.77. The van der Waals surface area contributed by atoms with Gasteiger partial charge in [-0.05, 0) is 48.2 Å². The van der Waals surface area contributed by atoms with Crippen molar-refractivity contribution in [1.82, 2.24) is 10.2 Å². The number of hydrogen-bond acceptors (Lipinski definition) is 5. The largest absolute Gasteiger partial charge is 0.495 e. The van der Waals surface area contributed by atoms with Gasteiger partial charge in [0.05, 0.1) is 17.7 Å². The van der Waals surface area contributed by atoms with Gasteiger partial charge in [0.15, 0.2) is 0 Å². The highest BCUT2D eigenvalue weighted by Gasteiger charge is 2.36. The highest BCUT2D eigenvalue weighted by Crippen LogP contribution is 2.32. The molecule has 4 aromatic rings. The second-order valence-corrected chi connectivity index (χ2v) is 13.1. The molecule has 5 rings (SSSR count). The van der Waals surface area contributed by atoms with E-state index in [1.165, 1.54) is 24.1 Å². The van der Waals surface area contributed by atoms with Gasteiger partial charge in [-0.3, -0.25) is 13.9 Å². The van der Waals surface area contributed by atoms with Crippen LogP contribution >= 0.6 is 0 Å². The molecule has 0 saturated heterocycles. The molecular weight excluding hydrogens is 586 g/mol. The fourth-order valence-corrected chi connectivity index (χ4v) is 7.22. The van der Waals surface area contributed by atoms with E-state index in [-0.39, 0.29) is 35.5 Å². The smallest absolute Gasteiger partial charge is 0.264 e. The van der Waals surface area contributed by atoms with Crippen LogP contribution in [0.25, 0.3) is 0 Å². The number of para-hydroxylation sites is 2. The number of nitrogens with one attached hydrogen (secondary N) is 1. The molecule has 234 valence electrons. The topological polar surface area (TPSA) is 96.0 Å². The Morgan fingerprint density at radius 1 is 0.800 bits per heavy atom. The highest BCUT2D eigenvalue weighted by molar-refractivity contribution is 7.92. The third-order valence-corrected chi connectivity index (χ3v) is 9.91. The lowest BCUT2D eigenvalue weighted by Crippen LogP contribution is -2.54. The van der Waals surface area contributed by atoms with E-state index in [1.807, 2.05) is 60.7 Å². The maximum atomic E-state index is 14.6. The van der Waals surface area contributed by atoms with Crippen LogP contribution in [0.2, 0.25) is 0 Å². The molecule has 4 aromatic carbocycles. The van der Waals surface area contributed by atoms with E-state index < -0.39 is 28.5 Å². The molecule has 0 aromatic heterocycles. The van der Waals surface area contributed by atoms with Crippen LogP contribution in [0.4, 0.5) is 5.69 Å². The first-order valence-electron chi connectivity index (χ1n) is 15.3. The van der Waals surface area contributed by atoms with Crippen LogP contribution < -0.4 is 14.4 Å². The van der Waals surface area contributed by atoms with Crippen molar-refractivity contribution in [3.05, 3.63) is 126 Å². The zero-order valence-electron chi connectivity index (χ0n) is 25.4. The van der Waals surface area contributed by atoms with E-state index in [0.29, 0.717) is 5.75 Å². The molecule has 1 aliphatic carbocycles. The Kier molecular flexibility index (Phi) is 10.5. The standard InChI is InChI=1S/C36H39N3O5S/c1-44-34-24-14-13-23-32(34)39(45(42,43)31-21-9-4-10-22-31)27-35(40)38(26-29-17-7-3-8-18-29)33(25-28-15-5-2-6-16-28)36(41)37-30-19-11-12-20-30/h2-10,13-18,21-24,30,33H,11-12,19-20,25-27H2,1H3,(H,37,41)/t33-/m1/s1. The summed E-state index contributed by atoms with van der Waals surface area (Å²) in [7, 11) is -2.75. The van der Waals surface area contributed by atoms with Gasteiger partial charge in [0.1, 0.15) is 18.3 Å². The minimum atomic E-state index is -4.21. The van der Waals surface area contributed by atoms with Gasteiger partial charge in [0, 0.05) is 19.0 Å². The van der Waals surface area contributed by atoms with Crippen molar-refractivity contribution in [3.8, 4) is 5.75 Å². The SMILES string of the molecule is COc1ccccc1N(CC(=O)N(Cc1ccccc1)[C@H](Cc1ccccc1)C(=O)NC1CCCC1)S(=O)(=O)c1ccccc1. The summed E-state index contributed by atoms with van der Waals surface area (Å²) < 4.78 is 34.9. The molecule has 0 radical (unpaired) electrons. The lowest BCUT2D eigenvalue weighted by Gasteiger charge is -2.34. The molecular formula is C36H39N3O5S. The van der Waals surface area contributed by atoms with Crippen molar-refractivity contribution < 1.29 is 22.7 Å². The fraction of sp³-hybridized carbons (Fsp3) is 0.278. The van der Waals surface area contributed by atoms with Gasteiger partial charge in [-0.2, -0.15) is 0 Å². The average Bonchev–Trinajstić information content (AvgIpc) is 3.59. The van der Waals surface area contributed by atoms with E-state index >= 15 is 0 Å². The minimum Gasteiger partial charge on any atom is -0.495 e. The molecule has 1 N–H and O–H groups in total. The van der Waals surface area contributed by atoms with Gasteiger partial charge in [-0.25, -0.2) is 8.42 Å². The van der Waals surface area contributed by atoms with Crippen LogP contribution in [0.15, 0.2) is 120 Å². The zero-order chi connectivity index (χ0) is 31.6. The predicted octanol–water partition coefficient (Wildman–Crippen LogP) is 5.59. The Morgan fingerprint density at radius 3 is 1.98 bits per heavy atom. The third-order valence-electron chi connectivity index (χ3n) is 8.13. The van der Waals surface area contributed by atoms with Gasteiger partial charge in [0.25, 0.3) is 10.0 Å². The maximum absolute atomic E-state index is 14.6. The van der Waals surface area contributed by atoms with E-state index in [2.05, 4.69) is 5.32 Å². The summed E-state index contributed by atoms with van der Waals surface area (Å²) in [6, 6.07) is 32.9. The second kappa shape index (κ2) is 14.9. The zero-order valence-corrected chi connectivity index (χ0v) is 26.2. The average molecular weight is 626 g/mol. The molecule has 2 amide bonds. The molecule has 1 aliphatic rings. The monoisotopic (exact) mass is 625 g/mol. The summed E-state index contributed by atoms with van der Waals surface area (Å²) in [6.45, 7) is -0.410. The normalized spacial score (nSPS) is 14.0. The number of benzene rings is 4. The van der Waals surface area contributed by atoms with E-state index in [1.54, 1.807) is 42.5 Å². The molecule has 0 heterocycles. The number of methoxy groups -OCH3 is 1. The predicted molar refractivity (Wildman–Crippen MR) is 175 cm³/mol. The molecule has 45 heavy (non-hydrogen) atoms. The maximum Gasteiger partial charge on any atom is 0.264 e.